The molecule has 0 radical (unpaired) electrons. The van der Waals surface area contributed by atoms with Crippen molar-refractivity contribution in [2.24, 2.45) is 5.92 Å². The van der Waals surface area contributed by atoms with Gasteiger partial charge < -0.3 is 9.47 Å². The zero-order valence-corrected chi connectivity index (χ0v) is 16.3. The lowest BCUT2D eigenvalue weighted by Gasteiger charge is -2.37. The van der Waals surface area contributed by atoms with Crippen LogP contribution >= 0.6 is 0 Å². The topological polar surface area (TPSA) is 82.1 Å². The van der Waals surface area contributed by atoms with E-state index in [1.165, 1.54) is 0 Å². The summed E-state index contributed by atoms with van der Waals surface area (Å²) >= 11 is 0. The zero-order valence-electron chi connectivity index (χ0n) is 16.3. The van der Waals surface area contributed by atoms with E-state index in [1.54, 1.807) is 27.7 Å². The summed E-state index contributed by atoms with van der Waals surface area (Å²) in [7, 11) is 0. The van der Waals surface area contributed by atoms with Crippen molar-refractivity contribution in [1.29, 1.82) is 0 Å². The summed E-state index contributed by atoms with van der Waals surface area (Å²) in [5.74, 6) is -2.41. The molecule has 0 aromatic heterocycles. The molecule has 0 saturated carbocycles. The number of carbonyl (C=O) groups excluding carboxylic acids is 3. The lowest BCUT2D eigenvalue weighted by molar-refractivity contribution is -0.229. The standard InChI is InChI=1S/C20H27NO6/c1-5-25-19(24)17-15(18(23)27-20(2,3)4)11-12-16(22)21(17)26-13-14-9-7-6-8-10-14/h6-10,15,17H,5,11-13H2,1-4H3. The number of esters is 2. The highest BCUT2D eigenvalue weighted by molar-refractivity contribution is 5.91. The van der Waals surface area contributed by atoms with Crippen molar-refractivity contribution in [3.8, 4) is 0 Å². The lowest BCUT2D eigenvalue weighted by atomic mass is 9.89. The summed E-state index contributed by atoms with van der Waals surface area (Å²) in [5.41, 5.74) is 0.139. The first-order valence-electron chi connectivity index (χ1n) is 9.11. The van der Waals surface area contributed by atoms with Gasteiger partial charge in [0.05, 0.1) is 12.5 Å². The van der Waals surface area contributed by atoms with E-state index in [-0.39, 0.29) is 32.0 Å². The van der Waals surface area contributed by atoms with Gasteiger partial charge in [-0.25, -0.2) is 9.86 Å². The van der Waals surface area contributed by atoms with Gasteiger partial charge in [0.25, 0.3) is 0 Å². The molecule has 2 unspecified atom stereocenters. The third-order valence-electron chi connectivity index (χ3n) is 4.00. The van der Waals surface area contributed by atoms with E-state index in [0.29, 0.717) is 0 Å². The first kappa shape index (κ1) is 20.9. The Hall–Kier alpha value is -2.41. The molecule has 1 aromatic carbocycles. The van der Waals surface area contributed by atoms with Crippen LogP contribution in [0.1, 0.15) is 46.1 Å². The molecule has 148 valence electrons. The minimum absolute atomic E-state index is 0.0919. The SMILES string of the molecule is CCOC(=O)C1C(C(=O)OC(C)(C)C)CCC(=O)N1OCc1ccccc1. The number of hydrogen-bond donors (Lipinski definition) is 0. The van der Waals surface area contributed by atoms with Crippen molar-refractivity contribution in [3.05, 3.63) is 35.9 Å². The molecular formula is C20H27NO6. The molecular weight excluding hydrogens is 350 g/mol. The molecule has 0 bridgehead atoms. The van der Waals surface area contributed by atoms with Crippen molar-refractivity contribution < 1.29 is 28.7 Å². The van der Waals surface area contributed by atoms with Gasteiger partial charge in [0.2, 0.25) is 5.91 Å². The zero-order chi connectivity index (χ0) is 20.0. The second-order valence-corrected chi connectivity index (χ2v) is 7.35. The monoisotopic (exact) mass is 377 g/mol. The normalized spacial score (nSPS) is 20.3. The summed E-state index contributed by atoms with van der Waals surface area (Å²) in [6, 6.07) is 8.10. The highest BCUT2D eigenvalue weighted by atomic mass is 16.7. The largest absolute Gasteiger partial charge is 0.464 e. The van der Waals surface area contributed by atoms with Gasteiger partial charge in [-0.05, 0) is 39.7 Å². The smallest absolute Gasteiger partial charge is 0.332 e. The Bertz CT molecular complexity index is 667. The number of amides is 1. The Balaban J connectivity index is 2.22. The molecule has 1 amide bonds. The summed E-state index contributed by atoms with van der Waals surface area (Å²) in [6.07, 6.45) is 0.303. The first-order chi connectivity index (χ1) is 12.7. The fourth-order valence-electron chi connectivity index (χ4n) is 2.85. The summed E-state index contributed by atoms with van der Waals surface area (Å²) in [5, 5.41) is 0.989. The maximum Gasteiger partial charge on any atom is 0.332 e. The second kappa shape index (κ2) is 8.99. The number of ether oxygens (including phenoxy) is 2. The molecule has 1 saturated heterocycles. The summed E-state index contributed by atoms with van der Waals surface area (Å²) in [4.78, 5) is 43.3. The van der Waals surface area contributed by atoms with Crippen LogP contribution in [0, 0.1) is 5.92 Å². The number of carbonyl (C=O) groups is 3. The molecule has 0 aliphatic carbocycles. The molecule has 2 rings (SSSR count). The van der Waals surface area contributed by atoms with E-state index < -0.39 is 29.5 Å². The molecule has 1 heterocycles. The van der Waals surface area contributed by atoms with Gasteiger partial charge in [0.15, 0.2) is 6.04 Å². The molecule has 27 heavy (non-hydrogen) atoms. The predicted octanol–water partition coefficient (Wildman–Crippen LogP) is 2.63. The van der Waals surface area contributed by atoms with Gasteiger partial charge in [-0.2, -0.15) is 0 Å². The van der Waals surface area contributed by atoms with Crippen LogP contribution in [0.15, 0.2) is 30.3 Å². The van der Waals surface area contributed by atoms with Gasteiger partial charge in [-0.1, -0.05) is 30.3 Å². The molecule has 1 fully saturated rings. The number of hydrogen-bond acceptors (Lipinski definition) is 6. The first-order valence-corrected chi connectivity index (χ1v) is 9.11. The average Bonchev–Trinajstić information content (AvgIpc) is 2.60. The minimum atomic E-state index is -1.16. The fourth-order valence-corrected chi connectivity index (χ4v) is 2.85. The van der Waals surface area contributed by atoms with Gasteiger partial charge in [0.1, 0.15) is 12.2 Å². The van der Waals surface area contributed by atoms with Crippen LogP contribution in [0.5, 0.6) is 0 Å². The van der Waals surface area contributed by atoms with Crippen LogP contribution in [-0.4, -0.2) is 41.2 Å². The number of benzene rings is 1. The van der Waals surface area contributed by atoms with Crippen LogP contribution in [-0.2, 0) is 35.3 Å². The third kappa shape index (κ3) is 5.79. The number of hydroxylamine groups is 2. The van der Waals surface area contributed by atoms with Crippen LogP contribution in [0.25, 0.3) is 0 Å². The van der Waals surface area contributed by atoms with E-state index >= 15 is 0 Å². The van der Waals surface area contributed by atoms with Crippen molar-refractivity contribution >= 4 is 17.8 Å². The third-order valence-corrected chi connectivity index (χ3v) is 4.00. The number of nitrogens with zero attached hydrogens (tertiary/aromatic N) is 1. The Labute approximate surface area is 159 Å². The van der Waals surface area contributed by atoms with Crippen molar-refractivity contribution in [2.45, 2.75) is 58.8 Å². The van der Waals surface area contributed by atoms with Crippen LogP contribution in [0.2, 0.25) is 0 Å². The highest BCUT2D eigenvalue weighted by Gasteiger charge is 2.47. The maximum absolute atomic E-state index is 12.6. The highest BCUT2D eigenvalue weighted by Crippen LogP contribution is 2.29. The molecule has 7 heteroatoms. The summed E-state index contributed by atoms with van der Waals surface area (Å²) in [6.45, 7) is 7.16. The van der Waals surface area contributed by atoms with E-state index in [1.807, 2.05) is 30.3 Å². The van der Waals surface area contributed by atoms with Crippen LogP contribution < -0.4 is 0 Å². The Kier molecular flexibility index (Phi) is 6.96. The second-order valence-electron chi connectivity index (χ2n) is 7.35. The minimum Gasteiger partial charge on any atom is -0.464 e. The van der Waals surface area contributed by atoms with Gasteiger partial charge in [-0.3, -0.25) is 14.4 Å². The van der Waals surface area contributed by atoms with Gasteiger partial charge in [0, 0.05) is 6.42 Å². The number of piperidine rings is 1. The average molecular weight is 377 g/mol. The van der Waals surface area contributed by atoms with E-state index in [2.05, 4.69) is 0 Å². The van der Waals surface area contributed by atoms with Crippen LogP contribution in [0.4, 0.5) is 0 Å². The Morgan fingerprint density at radius 2 is 1.81 bits per heavy atom. The molecule has 1 aliphatic heterocycles. The van der Waals surface area contributed by atoms with Crippen molar-refractivity contribution in [3.63, 3.8) is 0 Å². The molecule has 0 spiro atoms. The van der Waals surface area contributed by atoms with E-state index in [9.17, 15) is 14.4 Å². The quantitative estimate of drug-likeness (QED) is 0.709. The Morgan fingerprint density at radius 1 is 1.15 bits per heavy atom. The predicted molar refractivity (Wildman–Crippen MR) is 97.1 cm³/mol. The van der Waals surface area contributed by atoms with Crippen LogP contribution in [0.3, 0.4) is 0 Å². The van der Waals surface area contributed by atoms with E-state index in [0.717, 1.165) is 10.6 Å². The maximum atomic E-state index is 12.6. The molecule has 2 atom stereocenters. The number of rotatable bonds is 6. The van der Waals surface area contributed by atoms with E-state index in [4.69, 9.17) is 14.3 Å². The Morgan fingerprint density at radius 3 is 2.41 bits per heavy atom. The molecule has 1 aliphatic rings. The summed E-state index contributed by atoms with van der Waals surface area (Å²) < 4.78 is 10.5. The van der Waals surface area contributed by atoms with Gasteiger partial charge >= 0.3 is 11.9 Å². The van der Waals surface area contributed by atoms with Gasteiger partial charge in [-0.15, -0.1) is 0 Å². The van der Waals surface area contributed by atoms with Crippen molar-refractivity contribution in [2.75, 3.05) is 6.61 Å². The molecule has 7 nitrogen and oxygen atoms in total. The fraction of sp³-hybridized carbons (Fsp3) is 0.550. The lowest BCUT2D eigenvalue weighted by Crippen LogP contribution is -2.56. The molecule has 0 N–H and O–H groups in total. The van der Waals surface area contributed by atoms with Crippen molar-refractivity contribution in [1.82, 2.24) is 5.06 Å². The molecule has 1 aromatic rings.